The maximum absolute atomic E-state index is 12.6. The summed E-state index contributed by atoms with van der Waals surface area (Å²) in [6.45, 7) is 6.48. The average molecular weight is 522 g/mol. The molecule has 0 saturated carbocycles. The lowest BCUT2D eigenvalue weighted by Gasteiger charge is -2.20. The van der Waals surface area contributed by atoms with Crippen LogP contribution in [-0.2, 0) is 11.4 Å². The van der Waals surface area contributed by atoms with Gasteiger partial charge in [0.15, 0.2) is 16.7 Å². The quantitative estimate of drug-likeness (QED) is 0.319. The lowest BCUT2D eigenvalue weighted by atomic mass is 10.2. The molecule has 6 nitrogen and oxygen atoms in total. The predicted octanol–water partition coefficient (Wildman–Crippen LogP) is 6.67. The Morgan fingerprint density at radius 2 is 1.78 bits per heavy atom. The maximum atomic E-state index is 12.6. The molecule has 0 atom stereocenters. The second-order valence-electron chi connectivity index (χ2n) is 7.96. The zero-order valence-corrected chi connectivity index (χ0v) is 22.0. The van der Waals surface area contributed by atoms with Crippen molar-refractivity contribution < 1.29 is 14.3 Å². The average Bonchev–Trinajstić information content (AvgIpc) is 3.23. The van der Waals surface area contributed by atoms with Crippen LogP contribution in [0, 0.1) is 0 Å². The minimum Gasteiger partial charge on any atom is -0.493 e. The minimum atomic E-state index is -0.184. The molecule has 3 aromatic rings. The molecule has 0 radical (unpaired) electrons. The molecule has 0 unspecified atom stereocenters. The molecule has 0 aliphatic carbocycles. The molecule has 8 heteroatoms. The zero-order valence-electron chi connectivity index (χ0n) is 20.5. The lowest BCUT2D eigenvalue weighted by Crippen LogP contribution is -2.21. The van der Waals surface area contributed by atoms with E-state index < -0.39 is 0 Å². The number of nitrogens with zero attached hydrogens (tertiary/aromatic N) is 2. The van der Waals surface area contributed by atoms with E-state index in [0.29, 0.717) is 33.2 Å². The first kappa shape index (κ1) is 25.7. The van der Waals surface area contributed by atoms with Gasteiger partial charge in [0.1, 0.15) is 6.61 Å². The molecule has 1 N–H and O–H groups in total. The third kappa shape index (κ3) is 6.22. The van der Waals surface area contributed by atoms with Crippen LogP contribution in [0.4, 0.5) is 11.4 Å². The van der Waals surface area contributed by atoms with Crippen LogP contribution in [-0.4, -0.2) is 31.3 Å². The lowest BCUT2D eigenvalue weighted by molar-refractivity contribution is -0.115. The molecule has 186 valence electrons. The van der Waals surface area contributed by atoms with E-state index in [1.165, 1.54) is 11.8 Å². The first-order valence-electron chi connectivity index (χ1n) is 11.7. The molecule has 36 heavy (non-hydrogen) atoms. The van der Waals surface area contributed by atoms with Crippen LogP contribution in [0.15, 0.2) is 76.6 Å². The molecule has 1 fully saturated rings. The summed E-state index contributed by atoms with van der Waals surface area (Å²) in [5, 5.41) is 4.04. The van der Waals surface area contributed by atoms with Crippen molar-refractivity contribution in [3.8, 4) is 11.5 Å². The summed E-state index contributed by atoms with van der Waals surface area (Å²) < 4.78 is 11.4. The summed E-state index contributed by atoms with van der Waals surface area (Å²) in [6, 6.07) is 21.1. The highest BCUT2D eigenvalue weighted by Crippen LogP contribution is 2.33. The maximum Gasteiger partial charge on any atom is 0.264 e. The summed E-state index contributed by atoms with van der Waals surface area (Å²) in [5.74, 6) is 0.983. The Kier molecular flexibility index (Phi) is 8.57. The SMILES string of the molecule is CCN(CC)c1ccc(N=C2NC(=O)/C(=C/c3ccc(OCc4ccccc4Cl)c(OC)c3)S2)cc1. The molecule has 1 heterocycles. The number of carbonyl (C=O) groups is 1. The van der Waals surface area contributed by atoms with Crippen molar-refractivity contribution in [2.75, 3.05) is 25.1 Å². The van der Waals surface area contributed by atoms with Gasteiger partial charge in [-0.2, -0.15) is 0 Å². The molecule has 1 amide bonds. The van der Waals surface area contributed by atoms with Crippen LogP contribution in [0.1, 0.15) is 25.0 Å². The Hall–Kier alpha value is -3.42. The van der Waals surface area contributed by atoms with E-state index in [-0.39, 0.29) is 5.91 Å². The third-order valence-electron chi connectivity index (χ3n) is 5.69. The van der Waals surface area contributed by atoms with Gasteiger partial charge in [-0.25, -0.2) is 4.99 Å². The zero-order chi connectivity index (χ0) is 25.5. The van der Waals surface area contributed by atoms with E-state index in [1.54, 1.807) is 7.11 Å². The summed E-state index contributed by atoms with van der Waals surface area (Å²) in [5.41, 5.74) is 3.65. The Balaban J connectivity index is 1.46. The number of thioether (sulfide) groups is 1. The Morgan fingerprint density at radius 3 is 2.47 bits per heavy atom. The highest BCUT2D eigenvalue weighted by Gasteiger charge is 2.24. The van der Waals surface area contributed by atoms with Crippen LogP contribution in [0.2, 0.25) is 5.02 Å². The Labute approximate surface area is 221 Å². The van der Waals surface area contributed by atoms with E-state index in [9.17, 15) is 4.79 Å². The number of ether oxygens (including phenoxy) is 2. The summed E-state index contributed by atoms with van der Waals surface area (Å²) in [7, 11) is 1.59. The van der Waals surface area contributed by atoms with Crippen LogP contribution < -0.4 is 19.7 Å². The van der Waals surface area contributed by atoms with Crippen LogP contribution in [0.3, 0.4) is 0 Å². The third-order valence-corrected chi connectivity index (χ3v) is 6.96. The highest BCUT2D eigenvalue weighted by molar-refractivity contribution is 8.18. The first-order valence-corrected chi connectivity index (χ1v) is 12.9. The van der Waals surface area contributed by atoms with Gasteiger partial charge in [-0.1, -0.05) is 35.9 Å². The van der Waals surface area contributed by atoms with E-state index in [1.807, 2.05) is 72.8 Å². The van der Waals surface area contributed by atoms with Gasteiger partial charge in [0, 0.05) is 29.4 Å². The number of hydrogen-bond acceptors (Lipinski definition) is 6. The molecule has 0 bridgehead atoms. The molecule has 0 aromatic heterocycles. The van der Waals surface area contributed by atoms with E-state index in [2.05, 4.69) is 29.1 Å². The van der Waals surface area contributed by atoms with Crippen molar-refractivity contribution in [1.82, 2.24) is 5.32 Å². The number of hydrogen-bond donors (Lipinski definition) is 1. The summed E-state index contributed by atoms with van der Waals surface area (Å²) in [4.78, 5) is 20.0. The van der Waals surface area contributed by atoms with E-state index >= 15 is 0 Å². The molecule has 1 saturated heterocycles. The normalized spacial score (nSPS) is 15.3. The smallest absolute Gasteiger partial charge is 0.264 e. The number of anilines is 1. The van der Waals surface area contributed by atoms with Gasteiger partial charge in [-0.3, -0.25) is 4.79 Å². The van der Waals surface area contributed by atoms with Gasteiger partial charge in [-0.15, -0.1) is 0 Å². The second kappa shape index (κ2) is 12.0. The van der Waals surface area contributed by atoms with Crippen molar-refractivity contribution in [2.45, 2.75) is 20.5 Å². The van der Waals surface area contributed by atoms with Crippen molar-refractivity contribution in [3.05, 3.63) is 87.8 Å². The van der Waals surface area contributed by atoms with Crippen molar-refractivity contribution in [2.24, 2.45) is 4.99 Å². The molecule has 3 aromatic carbocycles. The number of nitrogens with one attached hydrogen (secondary N) is 1. The minimum absolute atomic E-state index is 0.184. The number of amidine groups is 1. The topological polar surface area (TPSA) is 63.2 Å². The fourth-order valence-corrected chi connectivity index (χ4v) is 4.77. The van der Waals surface area contributed by atoms with Gasteiger partial charge in [0.2, 0.25) is 0 Å². The van der Waals surface area contributed by atoms with Gasteiger partial charge in [0.25, 0.3) is 5.91 Å². The molecule has 0 spiro atoms. The fourth-order valence-electron chi connectivity index (χ4n) is 3.74. The molecular weight excluding hydrogens is 494 g/mol. The number of aliphatic imine (C=N–C) groups is 1. The van der Waals surface area contributed by atoms with E-state index in [0.717, 1.165) is 35.6 Å². The van der Waals surface area contributed by atoms with Crippen molar-refractivity contribution in [1.29, 1.82) is 0 Å². The number of rotatable bonds is 9. The van der Waals surface area contributed by atoms with Crippen molar-refractivity contribution >= 4 is 51.9 Å². The second-order valence-corrected chi connectivity index (χ2v) is 9.40. The monoisotopic (exact) mass is 521 g/mol. The van der Waals surface area contributed by atoms with E-state index in [4.69, 9.17) is 21.1 Å². The number of methoxy groups -OCH3 is 1. The number of benzene rings is 3. The molecule has 4 rings (SSSR count). The first-order chi connectivity index (χ1) is 17.5. The summed E-state index contributed by atoms with van der Waals surface area (Å²) >= 11 is 7.53. The highest BCUT2D eigenvalue weighted by atomic mass is 35.5. The van der Waals surface area contributed by atoms with Gasteiger partial charge in [-0.05, 0) is 79.7 Å². The Morgan fingerprint density at radius 1 is 1.03 bits per heavy atom. The molecule has 1 aliphatic heterocycles. The summed E-state index contributed by atoms with van der Waals surface area (Å²) in [6.07, 6.45) is 1.81. The Bertz CT molecular complexity index is 1290. The van der Waals surface area contributed by atoms with Crippen LogP contribution in [0.25, 0.3) is 6.08 Å². The predicted molar refractivity (Wildman–Crippen MR) is 150 cm³/mol. The van der Waals surface area contributed by atoms with Gasteiger partial charge >= 0.3 is 0 Å². The number of carbonyl (C=O) groups excluding carboxylic acids is 1. The van der Waals surface area contributed by atoms with Crippen molar-refractivity contribution in [3.63, 3.8) is 0 Å². The number of halogens is 1. The van der Waals surface area contributed by atoms with Crippen LogP contribution in [0.5, 0.6) is 11.5 Å². The number of amides is 1. The molecular formula is C28H28ClN3O3S. The fraction of sp³-hybridized carbons (Fsp3) is 0.214. The van der Waals surface area contributed by atoms with Gasteiger partial charge < -0.3 is 19.7 Å². The van der Waals surface area contributed by atoms with Gasteiger partial charge in [0.05, 0.1) is 17.7 Å². The molecule has 1 aliphatic rings. The standard InChI is InChI=1S/C28H28ClN3O3S/c1-4-32(5-2)22-13-11-21(12-14-22)30-28-31-27(33)26(36-28)17-19-10-15-24(25(16-19)34-3)35-18-20-8-6-7-9-23(20)29/h6-17H,4-5,18H2,1-3H3,(H,30,31,33)/b26-17-. The van der Waals surface area contributed by atoms with Crippen LogP contribution >= 0.6 is 23.4 Å². The largest absolute Gasteiger partial charge is 0.493 e.